The average Bonchev–Trinajstić information content (AvgIpc) is 3.11. The molecule has 2 aliphatic rings. The molecule has 2 saturated heterocycles. The largest absolute Gasteiger partial charge is 0.337 e. The smallest absolute Gasteiger partial charge is 0.243 e. The Kier molecular flexibility index (Phi) is 5.86. The lowest BCUT2D eigenvalue weighted by Crippen LogP contribution is -2.53. The van der Waals surface area contributed by atoms with Gasteiger partial charge in [-0.2, -0.15) is 4.31 Å². The van der Waals surface area contributed by atoms with Crippen molar-refractivity contribution in [2.75, 3.05) is 32.7 Å². The predicted molar refractivity (Wildman–Crippen MR) is 110 cm³/mol. The van der Waals surface area contributed by atoms with Crippen LogP contribution in [0.4, 0.5) is 4.39 Å². The van der Waals surface area contributed by atoms with Crippen LogP contribution in [0, 0.1) is 12.7 Å². The van der Waals surface area contributed by atoms with Crippen LogP contribution in [-0.4, -0.2) is 72.2 Å². The molecular formula is C21H25FN4O3S. The second-order valence-electron chi connectivity index (χ2n) is 7.78. The molecule has 3 heterocycles. The Balaban J connectivity index is 1.37. The minimum atomic E-state index is -3.68. The molecule has 0 spiro atoms. The van der Waals surface area contributed by atoms with E-state index in [1.54, 1.807) is 19.3 Å². The number of pyridine rings is 1. The van der Waals surface area contributed by atoms with E-state index in [1.807, 2.05) is 17.0 Å². The van der Waals surface area contributed by atoms with E-state index in [0.717, 1.165) is 12.0 Å². The van der Waals surface area contributed by atoms with Crippen LogP contribution in [0.5, 0.6) is 0 Å². The highest BCUT2D eigenvalue weighted by Crippen LogP contribution is 2.24. The Morgan fingerprint density at radius 1 is 1.13 bits per heavy atom. The van der Waals surface area contributed by atoms with Crippen LogP contribution in [-0.2, 0) is 21.4 Å². The van der Waals surface area contributed by atoms with Crippen molar-refractivity contribution in [2.24, 2.45) is 0 Å². The summed E-state index contributed by atoms with van der Waals surface area (Å²) in [6, 6.07) is 7.46. The number of carbonyl (C=O) groups is 1. The minimum Gasteiger partial charge on any atom is -0.337 e. The summed E-state index contributed by atoms with van der Waals surface area (Å²) >= 11 is 0. The van der Waals surface area contributed by atoms with Gasteiger partial charge in [0.15, 0.2) is 0 Å². The van der Waals surface area contributed by atoms with E-state index >= 15 is 0 Å². The van der Waals surface area contributed by atoms with E-state index in [1.165, 1.54) is 22.5 Å². The number of rotatable bonds is 5. The van der Waals surface area contributed by atoms with Crippen LogP contribution in [0.2, 0.25) is 0 Å². The number of benzene rings is 1. The van der Waals surface area contributed by atoms with Gasteiger partial charge in [0, 0.05) is 51.7 Å². The van der Waals surface area contributed by atoms with Gasteiger partial charge < -0.3 is 4.90 Å². The summed E-state index contributed by atoms with van der Waals surface area (Å²) in [6.45, 7) is 4.39. The number of halogens is 1. The summed E-state index contributed by atoms with van der Waals surface area (Å²) in [6.07, 6.45) is 4.21. The van der Waals surface area contributed by atoms with Crippen LogP contribution < -0.4 is 0 Å². The molecule has 9 heteroatoms. The van der Waals surface area contributed by atoms with Crippen LogP contribution in [0.1, 0.15) is 17.5 Å². The Morgan fingerprint density at radius 2 is 1.90 bits per heavy atom. The molecule has 1 aromatic heterocycles. The Bertz CT molecular complexity index is 1020. The first-order valence-corrected chi connectivity index (χ1v) is 11.5. The van der Waals surface area contributed by atoms with Gasteiger partial charge in [0.05, 0.1) is 10.9 Å². The molecule has 0 radical (unpaired) electrons. The normalized spacial score (nSPS) is 21.3. The number of likely N-dealkylation sites (tertiary alicyclic amines) is 1. The number of sulfonamides is 1. The van der Waals surface area contributed by atoms with Gasteiger partial charge in [0.25, 0.3) is 0 Å². The number of aromatic nitrogens is 1. The summed E-state index contributed by atoms with van der Waals surface area (Å²) in [4.78, 5) is 21.0. The summed E-state index contributed by atoms with van der Waals surface area (Å²) in [5.74, 6) is -0.335. The van der Waals surface area contributed by atoms with Gasteiger partial charge in [-0.15, -0.1) is 0 Å². The zero-order valence-electron chi connectivity index (χ0n) is 16.9. The fourth-order valence-corrected chi connectivity index (χ4v) is 5.62. The highest BCUT2D eigenvalue weighted by atomic mass is 32.2. The molecule has 1 atom stereocenters. The maximum absolute atomic E-state index is 13.5. The second kappa shape index (κ2) is 8.41. The summed E-state index contributed by atoms with van der Waals surface area (Å²) in [5.41, 5.74) is 1.30. The first kappa shape index (κ1) is 20.9. The van der Waals surface area contributed by atoms with Crippen LogP contribution in [0.25, 0.3) is 0 Å². The summed E-state index contributed by atoms with van der Waals surface area (Å²) in [5, 5.41) is 0. The van der Waals surface area contributed by atoms with Crippen molar-refractivity contribution in [1.82, 2.24) is 19.1 Å². The van der Waals surface area contributed by atoms with Crippen LogP contribution in [0.3, 0.4) is 0 Å². The molecule has 1 aromatic carbocycles. The highest BCUT2D eigenvalue weighted by Gasteiger charge is 2.38. The van der Waals surface area contributed by atoms with E-state index in [2.05, 4.69) is 9.88 Å². The maximum atomic E-state index is 13.5. The van der Waals surface area contributed by atoms with E-state index in [4.69, 9.17) is 0 Å². The van der Waals surface area contributed by atoms with Crippen molar-refractivity contribution >= 4 is 15.9 Å². The van der Waals surface area contributed by atoms with Crippen molar-refractivity contribution in [3.8, 4) is 0 Å². The molecule has 7 nitrogen and oxygen atoms in total. The third-order valence-electron chi connectivity index (χ3n) is 5.85. The Hall–Kier alpha value is -2.36. The number of piperazine rings is 1. The molecule has 160 valence electrons. The molecule has 2 fully saturated rings. The number of aryl methyl sites for hydroxylation is 1. The molecule has 1 unspecified atom stereocenters. The van der Waals surface area contributed by atoms with E-state index < -0.39 is 15.8 Å². The lowest BCUT2D eigenvalue weighted by Gasteiger charge is -2.36. The molecular weight excluding hydrogens is 407 g/mol. The topological polar surface area (TPSA) is 73.8 Å². The fraction of sp³-hybridized carbons (Fsp3) is 0.429. The molecule has 0 N–H and O–H groups in total. The zero-order valence-corrected chi connectivity index (χ0v) is 17.7. The van der Waals surface area contributed by atoms with Gasteiger partial charge in [0.2, 0.25) is 15.9 Å². The fourth-order valence-electron chi connectivity index (χ4n) is 4.11. The Labute approximate surface area is 176 Å². The van der Waals surface area contributed by atoms with Crippen molar-refractivity contribution in [3.05, 3.63) is 59.7 Å². The van der Waals surface area contributed by atoms with Crippen molar-refractivity contribution in [3.63, 3.8) is 0 Å². The molecule has 30 heavy (non-hydrogen) atoms. The molecule has 4 rings (SSSR count). The third-order valence-corrected chi connectivity index (χ3v) is 7.74. The van der Waals surface area contributed by atoms with Crippen molar-refractivity contribution in [1.29, 1.82) is 0 Å². The standard InChI is InChI=1S/C21H25FN4O3S/c1-16-13-18(4-5-19(16)22)30(28,29)26-11-9-24(10-12-26)20-6-8-25(21(20)27)15-17-3-2-7-23-14-17/h2-5,7,13-14,20H,6,8-12,15H2,1H3. The predicted octanol–water partition coefficient (Wildman–Crippen LogP) is 1.64. The number of amides is 1. The SMILES string of the molecule is Cc1cc(S(=O)(=O)N2CCN(C3CCN(Cc4cccnc4)C3=O)CC2)ccc1F. The second-order valence-corrected chi connectivity index (χ2v) is 9.71. The molecule has 0 saturated carbocycles. The van der Waals surface area contributed by atoms with Gasteiger partial charge in [0.1, 0.15) is 5.82 Å². The quantitative estimate of drug-likeness (QED) is 0.718. The molecule has 0 bridgehead atoms. The first-order chi connectivity index (χ1) is 14.4. The lowest BCUT2D eigenvalue weighted by molar-refractivity contribution is -0.133. The van der Waals surface area contributed by atoms with Crippen molar-refractivity contribution < 1.29 is 17.6 Å². The zero-order chi connectivity index (χ0) is 21.3. The lowest BCUT2D eigenvalue weighted by atomic mass is 10.2. The minimum absolute atomic E-state index is 0.0873. The van der Waals surface area contributed by atoms with Crippen molar-refractivity contribution in [2.45, 2.75) is 30.8 Å². The van der Waals surface area contributed by atoms with E-state index in [9.17, 15) is 17.6 Å². The van der Waals surface area contributed by atoms with E-state index in [0.29, 0.717) is 44.8 Å². The van der Waals surface area contributed by atoms with Crippen LogP contribution in [0.15, 0.2) is 47.6 Å². The number of carbonyl (C=O) groups excluding carboxylic acids is 1. The molecule has 0 aliphatic carbocycles. The van der Waals surface area contributed by atoms with Gasteiger partial charge in [-0.3, -0.25) is 14.7 Å². The summed E-state index contributed by atoms with van der Waals surface area (Å²) < 4.78 is 40.7. The summed E-state index contributed by atoms with van der Waals surface area (Å²) in [7, 11) is -3.68. The molecule has 2 aliphatic heterocycles. The molecule has 1 amide bonds. The third kappa shape index (κ3) is 4.10. The van der Waals surface area contributed by atoms with Gasteiger partial charge in [-0.05, 0) is 48.7 Å². The highest BCUT2D eigenvalue weighted by molar-refractivity contribution is 7.89. The van der Waals surface area contributed by atoms with Crippen LogP contribution >= 0.6 is 0 Å². The first-order valence-electron chi connectivity index (χ1n) is 10.0. The molecule has 2 aromatic rings. The monoisotopic (exact) mass is 432 g/mol. The van der Waals surface area contributed by atoms with Gasteiger partial charge in [-0.25, -0.2) is 12.8 Å². The average molecular weight is 433 g/mol. The number of hydrogen-bond acceptors (Lipinski definition) is 5. The number of nitrogens with zero attached hydrogens (tertiary/aromatic N) is 4. The number of hydrogen-bond donors (Lipinski definition) is 0. The Morgan fingerprint density at radius 3 is 2.57 bits per heavy atom. The van der Waals surface area contributed by atoms with E-state index in [-0.39, 0.29) is 16.8 Å². The van der Waals surface area contributed by atoms with Gasteiger partial charge in [-0.1, -0.05) is 6.07 Å². The van der Waals surface area contributed by atoms with Gasteiger partial charge >= 0.3 is 0 Å². The maximum Gasteiger partial charge on any atom is 0.243 e.